The molecule has 3 rings (SSSR count). The molecule has 0 saturated heterocycles. The van der Waals surface area contributed by atoms with E-state index in [2.05, 4.69) is 25.8 Å². The number of carbonyl (C=O) groups excluding carboxylic acids is 1. The Morgan fingerprint density at radius 3 is 2.86 bits per heavy atom. The molecule has 0 aliphatic heterocycles. The maximum Gasteiger partial charge on any atom is 0.321 e. The molecule has 0 spiro atoms. The number of thiazole rings is 1. The number of urea groups is 1. The topological polar surface area (TPSA) is 92.9 Å². The van der Waals surface area contributed by atoms with E-state index >= 15 is 0 Å². The molecule has 1 aromatic carbocycles. The van der Waals surface area contributed by atoms with E-state index in [1.54, 1.807) is 13.8 Å². The number of hydrogen-bond donors (Lipinski definition) is 2. The van der Waals surface area contributed by atoms with Crippen LogP contribution >= 0.6 is 11.3 Å². The molecule has 2 N–H and O–H groups in total. The van der Waals surface area contributed by atoms with Crippen molar-refractivity contribution in [1.29, 1.82) is 0 Å². The van der Waals surface area contributed by atoms with E-state index in [1.165, 1.54) is 11.3 Å². The van der Waals surface area contributed by atoms with E-state index < -0.39 is 0 Å². The van der Waals surface area contributed by atoms with Gasteiger partial charge in [0, 0.05) is 0 Å². The summed E-state index contributed by atoms with van der Waals surface area (Å²) in [5.41, 5.74) is 0.860. The molecule has 2 amide bonds. The van der Waals surface area contributed by atoms with Gasteiger partial charge in [-0.25, -0.2) is 9.78 Å². The molecule has 0 saturated carbocycles. The number of aromatic nitrogens is 3. The minimum atomic E-state index is -0.374. The van der Waals surface area contributed by atoms with Crippen molar-refractivity contribution in [3.05, 3.63) is 36.0 Å². The van der Waals surface area contributed by atoms with Crippen LogP contribution in [0.15, 0.2) is 28.8 Å². The number of para-hydroxylation sites is 1. The van der Waals surface area contributed by atoms with Crippen molar-refractivity contribution in [2.45, 2.75) is 19.9 Å². The molecule has 1 unspecified atom stereocenters. The molecule has 2 heterocycles. The Morgan fingerprint density at radius 2 is 2.14 bits per heavy atom. The molecule has 1 atom stereocenters. The van der Waals surface area contributed by atoms with Gasteiger partial charge in [-0.2, -0.15) is 4.98 Å². The van der Waals surface area contributed by atoms with Crippen LogP contribution in [0.2, 0.25) is 0 Å². The lowest BCUT2D eigenvalue weighted by molar-refractivity contribution is 0.245. The first kappa shape index (κ1) is 13.5. The molecular formula is C13H13N5O2S. The SMILES string of the molecule is Cc1noc(C(C)NC(=O)Nc2nc3ccccc3s2)n1. The highest BCUT2D eigenvalue weighted by Crippen LogP contribution is 2.25. The molecule has 8 heteroatoms. The number of aryl methyl sites for hydroxylation is 1. The molecular weight excluding hydrogens is 290 g/mol. The number of nitrogens with one attached hydrogen (secondary N) is 2. The molecule has 21 heavy (non-hydrogen) atoms. The van der Waals surface area contributed by atoms with E-state index in [0.717, 1.165) is 10.2 Å². The van der Waals surface area contributed by atoms with E-state index in [4.69, 9.17) is 4.52 Å². The number of benzene rings is 1. The first-order valence-electron chi connectivity index (χ1n) is 6.35. The monoisotopic (exact) mass is 303 g/mol. The van der Waals surface area contributed by atoms with Gasteiger partial charge < -0.3 is 9.84 Å². The average molecular weight is 303 g/mol. The number of hydrogen-bond acceptors (Lipinski definition) is 6. The smallest absolute Gasteiger partial charge is 0.321 e. The minimum Gasteiger partial charge on any atom is -0.337 e. The fourth-order valence-electron chi connectivity index (χ4n) is 1.81. The summed E-state index contributed by atoms with van der Waals surface area (Å²) >= 11 is 1.42. The van der Waals surface area contributed by atoms with Gasteiger partial charge in [-0.1, -0.05) is 28.6 Å². The second-order valence-corrected chi connectivity index (χ2v) is 5.52. The van der Waals surface area contributed by atoms with Gasteiger partial charge in [0.05, 0.1) is 10.2 Å². The number of nitrogens with zero attached hydrogens (tertiary/aromatic N) is 3. The predicted octanol–water partition coefficient (Wildman–Crippen LogP) is 2.87. The summed E-state index contributed by atoms with van der Waals surface area (Å²) in [4.78, 5) is 20.3. The Morgan fingerprint density at radius 1 is 1.33 bits per heavy atom. The molecule has 2 aromatic heterocycles. The summed E-state index contributed by atoms with van der Waals surface area (Å²) in [6, 6.07) is 6.97. The zero-order valence-corrected chi connectivity index (χ0v) is 12.3. The van der Waals surface area contributed by atoms with Crippen molar-refractivity contribution in [1.82, 2.24) is 20.4 Å². The fraction of sp³-hybridized carbons (Fsp3) is 0.231. The van der Waals surface area contributed by atoms with E-state index in [-0.39, 0.29) is 12.1 Å². The molecule has 0 aliphatic carbocycles. The maximum absolute atomic E-state index is 11.9. The zero-order chi connectivity index (χ0) is 14.8. The fourth-order valence-corrected chi connectivity index (χ4v) is 2.67. The number of amides is 2. The lowest BCUT2D eigenvalue weighted by atomic mass is 10.3. The van der Waals surface area contributed by atoms with E-state index in [0.29, 0.717) is 16.8 Å². The van der Waals surface area contributed by atoms with Crippen molar-refractivity contribution in [2.24, 2.45) is 0 Å². The van der Waals surface area contributed by atoms with Crippen molar-refractivity contribution in [2.75, 3.05) is 5.32 Å². The quantitative estimate of drug-likeness (QED) is 0.776. The van der Waals surface area contributed by atoms with Crippen LogP contribution in [0, 0.1) is 6.92 Å². The maximum atomic E-state index is 11.9. The van der Waals surface area contributed by atoms with Crippen LogP contribution in [0.1, 0.15) is 24.7 Å². The third kappa shape index (κ3) is 3.00. The summed E-state index contributed by atoms with van der Waals surface area (Å²) in [6.07, 6.45) is 0. The molecule has 0 aliphatic rings. The van der Waals surface area contributed by atoms with Crippen molar-refractivity contribution >= 4 is 32.7 Å². The minimum absolute atomic E-state index is 0.364. The summed E-state index contributed by atoms with van der Waals surface area (Å²) in [7, 11) is 0. The van der Waals surface area contributed by atoms with Gasteiger partial charge in [0.1, 0.15) is 6.04 Å². The molecule has 0 bridgehead atoms. The highest BCUT2D eigenvalue weighted by atomic mass is 32.1. The van der Waals surface area contributed by atoms with Crippen LogP contribution < -0.4 is 10.6 Å². The number of fused-ring (bicyclic) bond motifs is 1. The number of anilines is 1. The summed E-state index contributed by atoms with van der Waals surface area (Å²) in [6.45, 7) is 3.49. The zero-order valence-electron chi connectivity index (χ0n) is 11.5. The Kier molecular flexibility index (Phi) is 3.53. The van der Waals surface area contributed by atoms with Gasteiger partial charge in [0.2, 0.25) is 5.89 Å². The van der Waals surface area contributed by atoms with Crippen molar-refractivity contribution in [3.8, 4) is 0 Å². The third-order valence-corrected chi connectivity index (χ3v) is 3.73. The van der Waals surface area contributed by atoms with Crippen LogP contribution in [0.4, 0.5) is 9.93 Å². The number of carbonyl (C=O) groups is 1. The van der Waals surface area contributed by atoms with Gasteiger partial charge >= 0.3 is 6.03 Å². The Hall–Kier alpha value is -2.48. The second kappa shape index (κ2) is 5.49. The Balaban J connectivity index is 1.66. The normalized spacial score (nSPS) is 12.3. The van der Waals surface area contributed by atoms with Crippen molar-refractivity contribution < 1.29 is 9.32 Å². The predicted molar refractivity (Wildman–Crippen MR) is 79.2 cm³/mol. The Bertz CT molecular complexity index is 749. The third-order valence-electron chi connectivity index (χ3n) is 2.78. The average Bonchev–Trinajstić information content (AvgIpc) is 3.03. The lowest BCUT2D eigenvalue weighted by Gasteiger charge is -2.09. The van der Waals surface area contributed by atoms with Crippen LogP contribution in [-0.2, 0) is 0 Å². The van der Waals surface area contributed by atoms with Gasteiger partial charge in [0.15, 0.2) is 11.0 Å². The van der Waals surface area contributed by atoms with E-state index in [9.17, 15) is 4.79 Å². The second-order valence-electron chi connectivity index (χ2n) is 4.49. The van der Waals surface area contributed by atoms with Gasteiger partial charge in [-0.05, 0) is 26.0 Å². The molecule has 108 valence electrons. The lowest BCUT2D eigenvalue weighted by Crippen LogP contribution is -2.31. The van der Waals surface area contributed by atoms with Crippen LogP contribution in [0.25, 0.3) is 10.2 Å². The Labute approximate surface area is 124 Å². The first-order valence-corrected chi connectivity index (χ1v) is 7.17. The summed E-state index contributed by atoms with van der Waals surface area (Å²) < 4.78 is 6.03. The van der Waals surface area contributed by atoms with E-state index in [1.807, 2.05) is 24.3 Å². The summed E-state index contributed by atoms with van der Waals surface area (Å²) in [5, 5.41) is 9.66. The standard InChI is InChI=1S/C13H13N5O2S/c1-7(11-15-8(2)18-20-11)14-12(19)17-13-16-9-5-3-4-6-10(9)21-13/h3-7H,1-2H3,(H2,14,16,17,19). The van der Waals surface area contributed by atoms with Gasteiger partial charge in [-0.3, -0.25) is 5.32 Å². The molecule has 0 fully saturated rings. The van der Waals surface area contributed by atoms with Crippen molar-refractivity contribution in [3.63, 3.8) is 0 Å². The molecule has 7 nitrogen and oxygen atoms in total. The summed E-state index contributed by atoms with van der Waals surface area (Å²) in [5.74, 6) is 0.900. The van der Waals surface area contributed by atoms with Crippen LogP contribution in [0.3, 0.4) is 0 Å². The largest absolute Gasteiger partial charge is 0.337 e. The molecule has 3 aromatic rings. The van der Waals surface area contributed by atoms with Gasteiger partial charge in [-0.15, -0.1) is 0 Å². The highest BCUT2D eigenvalue weighted by molar-refractivity contribution is 7.22. The van der Waals surface area contributed by atoms with Crippen LogP contribution in [-0.4, -0.2) is 21.2 Å². The van der Waals surface area contributed by atoms with Crippen LogP contribution in [0.5, 0.6) is 0 Å². The number of rotatable bonds is 3. The highest BCUT2D eigenvalue weighted by Gasteiger charge is 2.16. The molecule has 0 radical (unpaired) electrons. The van der Waals surface area contributed by atoms with Gasteiger partial charge in [0.25, 0.3) is 0 Å². The first-order chi connectivity index (χ1) is 10.1.